The Bertz CT molecular complexity index is 982. The second-order valence-corrected chi connectivity index (χ2v) is 7.96. The fourth-order valence-electron chi connectivity index (χ4n) is 4.34. The lowest BCUT2D eigenvalue weighted by atomic mass is 9.98. The van der Waals surface area contributed by atoms with Crippen LogP contribution < -0.4 is 5.32 Å². The first-order valence-corrected chi connectivity index (χ1v) is 10.6. The third-order valence-corrected chi connectivity index (χ3v) is 5.86. The molecule has 0 unspecified atom stereocenters. The molecule has 1 aliphatic carbocycles. The Morgan fingerprint density at radius 1 is 1.10 bits per heavy atom. The zero-order valence-corrected chi connectivity index (χ0v) is 17.3. The van der Waals surface area contributed by atoms with Gasteiger partial charge in [0.2, 0.25) is 0 Å². The molecule has 160 valence electrons. The second-order valence-electron chi connectivity index (χ2n) is 7.96. The topological polar surface area (TPSA) is 88.0 Å². The first-order chi connectivity index (χ1) is 15.1. The Hall–Kier alpha value is -3.41. The van der Waals surface area contributed by atoms with Crippen molar-refractivity contribution >= 4 is 18.3 Å². The number of nitrogens with one attached hydrogen (secondary N) is 1. The Balaban J connectivity index is 1.37. The van der Waals surface area contributed by atoms with Crippen molar-refractivity contribution in [3.05, 3.63) is 71.4 Å². The lowest BCUT2D eigenvalue weighted by Crippen LogP contribution is -2.37. The number of alkyl carbamates (subject to hydrolysis) is 1. The Morgan fingerprint density at radius 2 is 1.77 bits per heavy atom. The molecule has 0 saturated heterocycles. The highest BCUT2D eigenvalue weighted by Gasteiger charge is 2.29. The third-order valence-electron chi connectivity index (χ3n) is 5.86. The van der Waals surface area contributed by atoms with Gasteiger partial charge in [0.1, 0.15) is 6.61 Å². The number of allylic oxidation sites excluding steroid dienone is 1. The van der Waals surface area contributed by atoms with Crippen LogP contribution >= 0.6 is 0 Å². The summed E-state index contributed by atoms with van der Waals surface area (Å²) in [5.74, 6) is -0.971. The van der Waals surface area contributed by atoms with E-state index in [0.717, 1.165) is 24.0 Å². The molecule has 1 atom stereocenters. The summed E-state index contributed by atoms with van der Waals surface area (Å²) < 4.78 is 5.56. The minimum Gasteiger partial charge on any atom is -0.481 e. The molecule has 1 amide bonds. The molecule has 6 heteroatoms. The monoisotopic (exact) mass is 418 g/mol. The Labute approximate surface area is 181 Å². The normalized spacial score (nSPS) is 15.5. The number of carboxylic acid groups (broad SMARTS) is 1. The van der Waals surface area contributed by atoms with Crippen LogP contribution in [-0.4, -0.2) is 36.0 Å². The van der Waals surface area contributed by atoms with E-state index in [1.807, 2.05) is 36.7 Å². The predicted octanol–water partition coefficient (Wildman–Crippen LogP) is 4.90. The maximum absolute atomic E-state index is 12.5. The van der Waals surface area contributed by atoms with E-state index < -0.39 is 18.1 Å². The van der Waals surface area contributed by atoms with Crippen LogP contribution in [0.2, 0.25) is 0 Å². The SMILES string of the molecule is O=C(O)C[C@H](CCC1=CN=CCC1)NC(=O)OCC1c2ccccc2-c2ccccc21. The van der Waals surface area contributed by atoms with Crippen LogP contribution in [-0.2, 0) is 9.53 Å². The average Bonchev–Trinajstić information content (AvgIpc) is 3.10. The van der Waals surface area contributed by atoms with E-state index in [1.165, 1.54) is 16.7 Å². The molecule has 1 aliphatic heterocycles. The van der Waals surface area contributed by atoms with Gasteiger partial charge in [-0.1, -0.05) is 54.1 Å². The number of hydrogen-bond acceptors (Lipinski definition) is 4. The number of hydrogen-bond donors (Lipinski definition) is 2. The number of rotatable bonds is 8. The maximum Gasteiger partial charge on any atom is 0.407 e. The van der Waals surface area contributed by atoms with Gasteiger partial charge in [-0.3, -0.25) is 9.79 Å². The Kier molecular flexibility index (Phi) is 6.46. The zero-order chi connectivity index (χ0) is 21.6. The van der Waals surface area contributed by atoms with Crippen molar-refractivity contribution in [1.29, 1.82) is 0 Å². The van der Waals surface area contributed by atoms with E-state index in [0.29, 0.717) is 12.8 Å². The molecule has 0 saturated carbocycles. The molecule has 2 N–H and O–H groups in total. The number of amides is 1. The van der Waals surface area contributed by atoms with E-state index in [4.69, 9.17) is 4.74 Å². The van der Waals surface area contributed by atoms with Gasteiger partial charge in [-0.2, -0.15) is 0 Å². The molecule has 2 aromatic rings. The van der Waals surface area contributed by atoms with Gasteiger partial charge in [-0.25, -0.2) is 4.79 Å². The molecule has 2 aliphatic rings. The minimum absolute atomic E-state index is 0.0265. The van der Waals surface area contributed by atoms with Crippen molar-refractivity contribution in [2.24, 2.45) is 4.99 Å². The van der Waals surface area contributed by atoms with Gasteiger partial charge in [-0.05, 0) is 47.9 Å². The fraction of sp³-hybridized carbons (Fsp3) is 0.320. The number of aliphatic imine (C=N–C) groups is 1. The summed E-state index contributed by atoms with van der Waals surface area (Å²) >= 11 is 0. The maximum atomic E-state index is 12.5. The summed E-state index contributed by atoms with van der Waals surface area (Å²) in [4.78, 5) is 27.9. The predicted molar refractivity (Wildman–Crippen MR) is 119 cm³/mol. The van der Waals surface area contributed by atoms with Gasteiger partial charge in [0.15, 0.2) is 0 Å². The molecule has 0 radical (unpaired) electrons. The Morgan fingerprint density at radius 3 is 2.39 bits per heavy atom. The fourth-order valence-corrected chi connectivity index (χ4v) is 4.34. The lowest BCUT2D eigenvalue weighted by Gasteiger charge is -2.19. The van der Waals surface area contributed by atoms with Crippen molar-refractivity contribution < 1.29 is 19.4 Å². The molecule has 1 heterocycles. The van der Waals surface area contributed by atoms with Gasteiger partial charge >= 0.3 is 12.1 Å². The number of nitrogens with zero attached hydrogens (tertiary/aromatic N) is 1. The van der Waals surface area contributed by atoms with Gasteiger partial charge in [0, 0.05) is 24.4 Å². The molecule has 0 bridgehead atoms. The number of carbonyl (C=O) groups excluding carboxylic acids is 1. The highest BCUT2D eigenvalue weighted by molar-refractivity contribution is 5.79. The molecule has 4 rings (SSSR count). The van der Waals surface area contributed by atoms with Gasteiger partial charge in [0.05, 0.1) is 6.42 Å². The van der Waals surface area contributed by atoms with Crippen LogP contribution in [0.3, 0.4) is 0 Å². The summed E-state index contributed by atoms with van der Waals surface area (Å²) in [7, 11) is 0. The van der Waals surface area contributed by atoms with Crippen LogP contribution in [0.5, 0.6) is 0 Å². The number of benzene rings is 2. The quantitative estimate of drug-likeness (QED) is 0.638. The van der Waals surface area contributed by atoms with Gasteiger partial charge < -0.3 is 15.2 Å². The summed E-state index contributed by atoms with van der Waals surface area (Å²) in [6, 6.07) is 15.8. The molecule has 2 aromatic carbocycles. The minimum atomic E-state index is -0.945. The van der Waals surface area contributed by atoms with E-state index in [9.17, 15) is 14.7 Å². The number of aliphatic carboxylic acids is 1. The van der Waals surface area contributed by atoms with Gasteiger partial charge in [0.25, 0.3) is 0 Å². The first-order valence-electron chi connectivity index (χ1n) is 10.6. The lowest BCUT2D eigenvalue weighted by molar-refractivity contribution is -0.137. The summed E-state index contributed by atoms with van der Waals surface area (Å²) in [6.45, 7) is 0.208. The third kappa shape index (κ3) is 5.02. The van der Waals surface area contributed by atoms with Crippen molar-refractivity contribution in [2.75, 3.05) is 6.61 Å². The first kappa shape index (κ1) is 20.8. The van der Waals surface area contributed by atoms with Crippen LogP contribution in [0, 0.1) is 0 Å². The standard InChI is InChI=1S/C25H26N2O4/c28-24(29)14-18(12-11-17-6-5-13-26-15-17)27-25(30)31-16-23-21-9-3-1-7-19(21)20-8-2-4-10-22(20)23/h1-4,7-10,13,15,18,23H,5-6,11-12,14,16H2,(H,27,30)(H,28,29)/t18-/m0/s1. The van der Waals surface area contributed by atoms with Crippen molar-refractivity contribution in [3.8, 4) is 11.1 Å². The molecule has 31 heavy (non-hydrogen) atoms. The molecular weight excluding hydrogens is 392 g/mol. The second kappa shape index (κ2) is 9.60. The van der Waals surface area contributed by atoms with E-state index >= 15 is 0 Å². The van der Waals surface area contributed by atoms with Crippen LogP contribution in [0.15, 0.2) is 65.3 Å². The van der Waals surface area contributed by atoms with E-state index in [2.05, 4.69) is 34.6 Å². The molecule has 0 fully saturated rings. The zero-order valence-electron chi connectivity index (χ0n) is 17.3. The van der Waals surface area contributed by atoms with Crippen molar-refractivity contribution in [3.63, 3.8) is 0 Å². The average molecular weight is 418 g/mol. The van der Waals surface area contributed by atoms with Crippen molar-refractivity contribution in [2.45, 2.75) is 44.1 Å². The highest BCUT2D eigenvalue weighted by atomic mass is 16.5. The summed E-state index contributed by atoms with van der Waals surface area (Å²) in [5, 5.41) is 12.0. The molecule has 0 spiro atoms. The number of ether oxygens (including phenoxy) is 1. The largest absolute Gasteiger partial charge is 0.481 e. The number of carbonyl (C=O) groups is 2. The molecule has 0 aromatic heterocycles. The number of carboxylic acids is 1. The molecule has 6 nitrogen and oxygen atoms in total. The van der Waals surface area contributed by atoms with Gasteiger partial charge in [-0.15, -0.1) is 0 Å². The van der Waals surface area contributed by atoms with Crippen molar-refractivity contribution in [1.82, 2.24) is 5.32 Å². The van der Waals surface area contributed by atoms with E-state index in [-0.39, 0.29) is 18.9 Å². The van der Waals surface area contributed by atoms with Crippen LogP contribution in [0.25, 0.3) is 11.1 Å². The summed E-state index contributed by atoms with van der Waals surface area (Å²) in [5.41, 5.74) is 5.79. The molecular formula is C25H26N2O4. The van der Waals surface area contributed by atoms with Crippen LogP contribution in [0.4, 0.5) is 4.79 Å². The number of fused-ring (bicyclic) bond motifs is 3. The highest BCUT2D eigenvalue weighted by Crippen LogP contribution is 2.44. The van der Waals surface area contributed by atoms with E-state index in [1.54, 1.807) is 0 Å². The summed E-state index contributed by atoms with van der Waals surface area (Å²) in [6.07, 6.45) is 6.05. The van der Waals surface area contributed by atoms with Crippen LogP contribution in [0.1, 0.15) is 49.1 Å². The smallest absolute Gasteiger partial charge is 0.407 e.